The van der Waals surface area contributed by atoms with Crippen molar-refractivity contribution in [3.8, 4) is 0 Å². The summed E-state index contributed by atoms with van der Waals surface area (Å²) in [4.78, 5) is 16.6. The van der Waals surface area contributed by atoms with Gasteiger partial charge in [-0.15, -0.1) is 0 Å². The second kappa shape index (κ2) is 7.72. The number of methoxy groups -OCH3 is 2. The van der Waals surface area contributed by atoms with Gasteiger partial charge >= 0.3 is 5.97 Å². The Hall–Kier alpha value is -2.18. The first-order valence-electron chi connectivity index (χ1n) is 7.06. The van der Waals surface area contributed by atoms with Gasteiger partial charge < -0.3 is 19.5 Å². The summed E-state index contributed by atoms with van der Waals surface area (Å²) in [6, 6.07) is 9.37. The Kier molecular flexibility index (Phi) is 5.68. The molecule has 1 aromatic heterocycles. The Morgan fingerprint density at radius 3 is 2.68 bits per heavy atom. The van der Waals surface area contributed by atoms with Crippen molar-refractivity contribution in [2.75, 3.05) is 32.7 Å². The topological polar surface area (TPSA) is 69.7 Å². The number of hydrogen-bond donors (Lipinski definition) is 1. The lowest BCUT2D eigenvalue weighted by molar-refractivity contribution is -0.0914. The summed E-state index contributed by atoms with van der Waals surface area (Å²) in [5.41, 5.74) is 1.19. The first-order chi connectivity index (χ1) is 10.7. The number of fused-ring (bicyclic) bond motifs is 1. The van der Waals surface area contributed by atoms with Gasteiger partial charge in [0.2, 0.25) is 0 Å². The van der Waals surface area contributed by atoms with Gasteiger partial charge in [0, 0.05) is 19.6 Å². The lowest BCUT2D eigenvalue weighted by Gasteiger charge is -2.16. The molecule has 6 nitrogen and oxygen atoms in total. The number of carbonyl (C=O) groups excluding carboxylic acids is 1. The van der Waals surface area contributed by atoms with Gasteiger partial charge in [0.1, 0.15) is 11.4 Å². The largest absolute Gasteiger partial charge is 0.462 e. The Morgan fingerprint density at radius 1 is 1.27 bits per heavy atom. The van der Waals surface area contributed by atoms with Crippen LogP contribution < -0.4 is 5.32 Å². The van der Waals surface area contributed by atoms with Crippen molar-refractivity contribution in [3.63, 3.8) is 0 Å². The monoisotopic (exact) mass is 304 g/mol. The molecule has 22 heavy (non-hydrogen) atoms. The molecule has 0 saturated carbocycles. The molecule has 0 amide bonds. The summed E-state index contributed by atoms with van der Waals surface area (Å²) in [5, 5.41) is 3.97. The van der Waals surface area contributed by atoms with Crippen LogP contribution in [0.5, 0.6) is 0 Å². The van der Waals surface area contributed by atoms with Crippen LogP contribution in [0.2, 0.25) is 0 Å². The smallest absolute Gasteiger partial charge is 0.341 e. The average molecular weight is 304 g/mol. The molecule has 1 heterocycles. The van der Waals surface area contributed by atoms with E-state index in [-0.39, 0.29) is 0 Å². The number of carbonyl (C=O) groups is 1. The highest BCUT2D eigenvalue weighted by Crippen LogP contribution is 2.21. The van der Waals surface area contributed by atoms with E-state index in [0.29, 0.717) is 24.5 Å². The van der Waals surface area contributed by atoms with Crippen LogP contribution in [-0.2, 0) is 14.2 Å². The van der Waals surface area contributed by atoms with E-state index in [1.165, 1.54) is 0 Å². The molecule has 0 radical (unpaired) electrons. The summed E-state index contributed by atoms with van der Waals surface area (Å²) in [6.07, 6.45) is -0.427. The fourth-order valence-electron chi connectivity index (χ4n) is 2.06. The summed E-state index contributed by atoms with van der Waals surface area (Å²) >= 11 is 0. The molecular weight excluding hydrogens is 284 g/mol. The number of esters is 1. The first-order valence-corrected chi connectivity index (χ1v) is 7.06. The molecule has 0 bridgehead atoms. The van der Waals surface area contributed by atoms with Crippen LogP contribution in [-0.4, -0.2) is 44.6 Å². The lowest BCUT2D eigenvalue weighted by atomic mass is 10.1. The molecule has 2 rings (SSSR count). The maximum absolute atomic E-state index is 12.1. The van der Waals surface area contributed by atoms with Crippen LogP contribution in [0.4, 0.5) is 5.82 Å². The SMILES string of the molecule is CCOC(=O)c1cc2ccccc2nc1NCC(OC)OC. The summed E-state index contributed by atoms with van der Waals surface area (Å²) in [7, 11) is 3.10. The quantitative estimate of drug-likeness (QED) is 0.626. The molecule has 2 aromatic rings. The molecule has 118 valence electrons. The van der Waals surface area contributed by atoms with Gasteiger partial charge in [-0.25, -0.2) is 9.78 Å². The summed E-state index contributed by atoms with van der Waals surface area (Å²) in [5.74, 6) is 0.0471. The van der Waals surface area contributed by atoms with E-state index in [2.05, 4.69) is 10.3 Å². The van der Waals surface area contributed by atoms with Crippen molar-refractivity contribution in [3.05, 3.63) is 35.9 Å². The molecule has 0 fully saturated rings. The molecule has 0 atom stereocenters. The molecule has 1 N–H and O–H groups in total. The van der Waals surface area contributed by atoms with Gasteiger partial charge in [-0.05, 0) is 19.1 Å². The van der Waals surface area contributed by atoms with Crippen molar-refractivity contribution in [1.29, 1.82) is 0 Å². The zero-order chi connectivity index (χ0) is 15.9. The van der Waals surface area contributed by atoms with Gasteiger partial charge in [-0.3, -0.25) is 0 Å². The lowest BCUT2D eigenvalue weighted by Crippen LogP contribution is -2.25. The molecule has 0 aliphatic carbocycles. The minimum atomic E-state index is -0.427. The van der Waals surface area contributed by atoms with Crippen molar-refractivity contribution in [1.82, 2.24) is 4.98 Å². The molecular formula is C16H20N2O4. The van der Waals surface area contributed by atoms with Gasteiger partial charge in [-0.2, -0.15) is 0 Å². The Labute approximate surface area is 129 Å². The van der Waals surface area contributed by atoms with Crippen LogP contribution in [0.25, 0.3) is 10.9 Å². The van der Waals surface area contributed by atoms with E-state index >= 15 is 0 Å². The third kappa shape index (κ3) is 3.72. The fraction of sp³-hybridized carbons (Fsp3) is 0.375. The number of benzene rings is 1. The highest BCUT2D eigenvalue weighted by Gasteiger charge is 2.16. The van der Waals surface area contributed by atoms with Crippen LogP contribution in [0.1, 0.15) is 17.3 Å². The van der Waals surface area contributed by atoms with Crippen LogP contribution in [0.15, 0.2) is 30.3 Å². The predicted octanol–water partition coefficient (Wildman–Crippen LogP) is 2.44. The van der Waals surface area contributed by atoms with Crippen molar-refractivity contribution in [2.45, 2.75) is 13.2 Å². The minimum Gasteiger partial charge on any atom is -0.462 e. The standard InChI is InChI=1S/C16H20N2O4/c1-4-22-16(19)12-9-11-7-5-6-8-13(11)18-15(12)17-10-14(20-2)21-3/h5-9,14H,4,10H2,1-3H3,(H,17,18). The van der Waals surface area contributed by atoms with E-state index < -0.39 is 12.3 Å². The molecule has 0 aliphatic heterocycles. The Morgan fingerprint density at radius 2 is 2.00 bits per heavy atom. The number of rotatable bonds is 7. The van der Waals surface area contributed by atoms with Gasteiger partial charge in [0.05, 0.1) is 18.7 Å². The highest BCUT2D eigenvalue weighted by atomic mass is 16.7. The van der Waals surface area contributed by atoms with Gasteiger partial charge in [0.25, 0.3) is 0 Å². The zero-order valence-corrected chi connectivity index (χ0v) is 13.0. The fourth-order valence-corrected chi connectivity index (χ4v) is 2.06. The van der Waals surface area contributed by atoms with Crippen LogP contribution in [0.3, 0.4) is 0 Å². The molecule has 0 unspecified atom stereocenters. The molecule has 1 aromatic carbocycles. The number of nitrogens with one attached hydrogen (secondary N) is 1. The summed E-state index contributed by atoms with van der Waals surface area (Å²) < 4.78 is 15.4. The van der Waals surface area contributed by atoms with Crippen molar-refractivity contribution >= 4 is 22.7 Å². The van der Waals surface area contributed by atoms with Gasteiger partial charge in [0.15, 0.2) is 6.29 Å². The number of pyridine rings is 1. The third-order valence-electron chi connectivity index (χ3n) is 3.18. The number of nitrogens with zero attached hydrogens (tertiary/aromatic N) is 1. The second-order valence-electron chi connectivity index (χ2n) is 4.58. The van der Waals surface area contributed by atoms with Crippen molar-refractivity contribution < 1.29 is 19.0 Å². The van der Waals surface area contributed by atoms with E-state index in [1.54, 1.807) is 27.2 Å². The van der Waals surface area contributed by atoms with Crippen LogP contribution in [0, 0.1) is 0 Å². The maximum atomic E-state index is 12.1. The minimum absolute atomic E-state index is 0.309. The second-order valence-corrected chi connectivity index (χ2v) is 4.58. The molecule has 6 heteroatoms. The molecule has 0 spiro atoms. The number of hydrogen-bond acceptors (Lipinski definition) is 6. The predicted molar refractivity (Wildman–Crippen MR) is 84.0 cm³/mol. The van der Waals surface area contributed by atoms with Gasteiger partial charge in [-0.1, -0.05) is 18.2 Å². The van der Waals surface area contributed by atoms with Crippen molar-refractivity contribution in [2.24, 2.45) is 0 Å². The Bertz CT molecular complexity index is 641. The molecule has 0 saturated heterocycles. The van der Waals surface area contributed by atoms with E-state index in [0.717, 1.165) is 10.9 Å². The van der Waals surface area contributed by atoms with E-state index in [9.17, 15) is 4.79 Å². The number of ether oxygens (including phenoxy) is 3. The van der Waals surface area contributed by atoms with Crippen LogP contribution >= 0.6 is 0 Å². The Balaban J connectivity index is 2.35. The maximum Gasteiger partial charge on any atom is 0.341 e. The number of anilines is 1. The summed E-state index contributed by atoms with van der Waals surface area (Å²) in [6.45, 7) is 2.44. The normalized spacial score (nSPS) is 10.9. The number of aromatic nitrogens is 1. The zero-order valence-electron chi connectivity index (χ0n) is 13.0. The third-order valence-corrected chi connectivity index (χ3v) is 3.18. The van der Waals surface area contributed by atoms with E-state index in [1.807, 2.05) is 24.3 Å². The molecule has 0 aliphatic rings. The number of para-hydroxylation sites is 1. The first kappa shape index (κ1) is 16.2. The average Bonchev–Trinajstić information content (AvgIpc) is 2.55. The van der Waals surface area contributed by atoms with E-state index in [4.69, 9.17) is 14.2 Å². The highest BCUT2D eigenvalue weighted by molar-refractivity contribution is 5.99.